The van der Waals surface area contributed by atoms with Crippen molar-refractivity contribution in [2.24, 2.45) is 0 Å². The van der Waals surface area contributed by atoms with E-state index in [9.17, 15) is 21.6 Å². The van der Waals surface area contributed by atoms with Crippen LogP contribution in [0.5, 0.6) is 0 Å². The minimum absolute atomic E-state index is 0.0566. The number of nitrogens with zero attached hydrogens (tertiary/aromatic N) is 3. The highest BCUT2D eigenvalue weighted by atomic mass is 32.2. The van der Waals surface area contributed by atoms with Gasteiger partial charge in [0.05, 0.1) is 16.8 Å². The van der Waals surface area contributed by atoms with Crippen molar-refractivity contribution in [1.29, 1.82) is 0 Å². The van der Waals surface area contributed by atoms with Crippen molar-refractivity contribution >= 4 is 43.3 Å². The van der Waals surface area contributed by atoms with Crippen LogP contribution in [0.1, 0.15) is 18.1 Å². The maximum atomic E-state index is 12.9. The summed E-state index contributed by atoms with van der Waals surface area (Å²) in [6.07, 6.45) is 3.85. The normalized spacial score (nSPS) is 12.6. The summed E-state index contributed by atoms with van der Waals surface area (Å²) in [7, 11) is -7.69. The molecule has 0 aliphatic heterocycles. The van der Waals surface area contributed by atoms with Gasteiger partial charge in [0.15, 0.2) is 0 Å². The van der Waals surface area contributed by atoms with Crippen molar-refractivity contribution in [2.45, 2.75) is 31.7 Å². The quantitative estimate of drug-likeness (QED) is 0.482. The third kappa shape index (κ3) is 5.88. The number of hydrogen-bond donors (Lipinski definition) is 2. The summed E-state index contributed by atoms with van der Waals surface area (Å²) >= 11 is 0. The minimum Gasteiger partial charge on any atom is -0.324 e. The Labute approximate surface area is 199 Å². The second-order valence-corrected chi connectivity index (χ2v) is 11.2. The van der Waals surface area contributed by atoms with Gasteiger partial charge in [0.1, 0.15) is 6.04 Å². The lowest BCUT2D eigenvalue weighted by atomic mass is 10.1. The third-order valence-corrected chi connectivity index (χ3v) is 7.64. The SMILES string of the molecule is Cc1ccc(N([C@@H](C)C(=O)Nc2ccc(S(=O)(=O)Nc3ncccn3)cc2)S(C)(=O)=O)cc1C. The van der Waals surface area contributed by atoms with Crippen molar-refractivity contribution in [1.82, 2.24) is 9.97 Å². The average Bonchev–Trinajstić information content (AvgIpc) is 2.76. The first kappa shape index (κ1) is 25.1. The van der Waals surface area contributed by atoms with Crippen molar-refractivity contribution in [2.75, 3.05) is 20.6 Å². The number of carbonyl (C=O) groups is 1. The summed E-state index contributed by atoms with van der Waals surface area (Å²) in [5, 5.41) is 2.63. The summed E-state index contributed by atoms with van der Waals surface area (Å²) in [5.41, 5.74) is 2.58. The van der Waals surface area contributed by atoms with Crippen LogP contribution in [0, 0.1) is 13.8 Å². The van der Waals surface area contributed by atoms with Crippen LogP contribution in [0.2, 0.25) is 0 Å². The zero-order chi connectivity index (χ0) is 25.1. The van der Waals surface area contributed by atoms with E-state index in [2.05, 4.69) is 20.0 Å². The highest BCUT2D eigenvalue weighted by molar-refractivity contribution is 7.92. The Balaban J connectivity index is 1.78. The largest absolute Gasteiger partial charge is 0.324 e. The summed E-state index contributed by atoms with van der Waals surface area (Å²) in [6, 6.07) is 11.1. The van der Waals surface area contributed by atoms with Gasteiger partial charge in [-0.25, -0.2) is 31.5 Å². The molecule has 0 unspecified atom stereocenters. The summed E-state index contributed by atoms with van der Waals surface area (Å²) in [4.78, 5) is 20.5. The van der Waals surface area contributed by atoms with Gasteiger partial charge in [0.2, 0.25) is 21.9 Å². The molecule has 1 amide bonds. The molecular weight excluding hydrogens is 478 g/mol. The number of sulfonamides is 2. The monoisotopic (exact) mass is 503 g/mol. The molecule has 3 rings (SSSR count). The van der Waals surface area contributed by atoms with Gasteiger partial charge in [0, 0.05) is 18.1 Å². The lowest BCUT2D eigenvalue weighted by Crippen LogP contribution is -2.45. The number of carbonyl (C=O) groups excluding carboxylic acids is 1. The molecule has 10 nitrogen and oxygen atoms in total. The number of nitrogens with one attached hydrogen (secondary N) is 2. The molecule has 2 aromatic carbocycles. The van der Waals surface area contributed by atoms with Crippen LogP contribution in [0.25, 0.3) is 0 Å². The lowest BCUT2D eigenvalue weighted by molar-refractivity contribution is -0.116. The number of benzene rings is 2. The van der Waals surface area contributed by atoms with Crippen LogP contribution in [0.15, 0.2) is 65.8 Å². The molecular formula is C22H25N5O5S2. The number of aryl methyl sites for hydroxylation is 2. The first-order valence-corrected chi connectivity index (χ1v) is 13.5. The molecule has 2 N–H and O–H groups in total. The summed E-state index contributed by atoms with van der Waals surface area (Å²) in [6.45, 7) is 5.25. The van der Waals surface area contributed by atoms with Gasteiger partial charge in [-0.05, 0) is 74.4 Å². The van der Waals surface area contributed by atoms with Crippen LogP contribution >= 0.6 is 0 Å². The Bertz CT molecular complexity index is 1390. The summed E-state index contributed by atoms with van der Waals surface area (Å²) < 4.78 is 53.3. The lowest BCUT2D eigenvalue weighted by Gasteiger charge is -2.28. The standard InChI is InChI=1S/C22H25N5O5S2/c1-15-6-9-19(14-16(15)2)27(33(4,29)30)17(3)21(28)25-18-7-10-20(11-8-18)34(31,32)26-22-23-12-5-13-24-22/h5-14,17H,1-4H3,(H,25,28)(H,23,24,26)/t17-/m0/s1. The maximum Gasteiger partial charge on any atom is 0.264 e. The van der Waals surface area contributed by atoms with Gasteiger partial charge < -0.3 is 5.32 Å². The molecule has 0 saturated heterocycles. The molecule has 0 bridgehead atoms. The molecule has 0 spiro atoms. The van der Waals surface area contributed by atoms with Crippen LogP contribution in [0.4, 0.5) is 17.3 Å². The fourth-order valence-corrected chi connectivity index (χ4v) is 5.29. The van der Waals surface area contributed by atoms with Crippen LogP contribution in [-0.4, -0.2) is 45.0 Å². The predicted molar refractivity (Wildman–Crippen MR) is 131 cm³/mol. The topological polar surface area (TPSA) is 138 Å². The van der Waals surface area contributed by atoms with E-state index in [1.54, 1.807) is 24.3 Å². The van der Waals surface area contributed by atoms with Gasteiger partial charge in [-0.15, -0.1) is 0 Å². The molecule has 1 heterocycles. The number of anilines is 3. The Hall–Kier alpha value is -3.51. The first-order valence-electron chi connectivity index (χ1n) is 10.2. The van der Waals surface area contributed by atoms with Crippen molar-refractivity contribution in [3.63, 3.8) is 0 Å². The number of amides is 1. The summed E-state index contributed by atoms with van der Waals surface area (Å²) in [5.74, 6) is -0.643. The zero-order valence-electron chi connectivity index (χ0n) is 19.1. The molecule has 0 radical (unpaired) electrons. The Kier molecular flexibility index (Phi) is 7.22. The molecule has 0 fully saturated rings. The molecule has 1 aromatic heterocycles. The van der Waals surface area contributed by atoms with Crippen molar-refractivity contribution in [3.05, 3.63) is 72.1 Å². The third-order valence-electron chi connectivity index (χ3n) is 5.06. The second-order valence-electron chi connectivity index (χ2n) is 7.69. The number of rotatable bonds is 8. The van der Waals surface area contributed by atoms with Crippen LogP contribution in [0.3, 0.4) is 0 Å². The molecule has 34 heavy (non-hydrogen) atoms. The fraction of sp³-hybridized carbons (Fsp3) is 0.227. The Morgan fingerprint density at radius 3 is 2.12 bits per heavy atom. The van der Waals surface area contributed by atoms with Gasteiger partial charge >= 0.3 is 0 Å². The average molecular weight is 504 g/mol. The minimum atomic E-state index is -3.93. The van der Waals surface area contributed by atoms with E-state index in [4.69, 9.17) is 0 Å². The van der Waals surface area contributed by atoms with E-state index in [1.165, 1.54) is 43.6 Å². The molecule has 0 aliphatic rings. The van der Waals surface area contributed by atoms with E-state index in [-0.39, 0.29) is 10.8 Å². The molecule has 0 aliphatic carbocycles. The molecule has 180 valence electrons. The molecule has 1 atom stereocenters. The maximum absolute atomic E-state index is 12.9. The Morgan fingerprint density at radius 2 is 1.56 bits per heavy atom. The highest BCUT2D eigenvalue weighted by Gasteiger charge is 2.29. The van der Waals surface area contributed by atoms with E-state index in [1.807, 2.05) is 13.8 Å². The van der Waals surface area contributed by atoms with Gasteiger partial charge in [-0.1, -0.05) is 6.07 Å². The van der Waals surface area contributed by atoms with E-state index in [0.29, 0.717) is 11.4 Å². The first-order chi connectivity index (χ1) is 15.9. The highest BCUT2D eigenvalue weighted by Crippen LogP contribution is 2.24. The van der Waals surface area contributed by atoms with Crippen molar-refractivity contribution < 1.29 is 21.6 Å². The zero-order valence-corrected chi connectivity index (χ0v) is 20.7. The van der Waals surface area contributed by atoms with Crippen LogP contribution < -0.4 is 14.3 Å². The predicted octanol–water partition coefficient (Wildman–Crippen LogP) is 2.69. The van der Waals surface area contributed by atoms with Gasteiger partial charge in [-0.3, -0.25) is 9.10 Å². The molecule has 12 heteroatoms. The smallest absolute Gasteiger partial charge is 0.264 e. The molecule has 0 saturated carbocycles. The van der Waals surface area contributed by atoms with E-state index >= 15 is 0 Å². The van der Waals surface area contributed by atoms with Crippen LogP contribution in [-0.2, 0) is 24.8 Å². The number of aromatic nitrogens is 2. The van der Waals surface area contributed by atoms with Gasteiger partial charge in [-0.2, -0.15) is 0 Å². The van der Waals surface area contributed by atoms with E-state index < -0.39 is 32.0 Å². The molecule has 3 aromatic rings. The van der Waals surface area contributed by atoms with Crippen molar-refractivity contribution in [3.8, 4) is 0 Å². The Morgan fingerprint density at radius 1 is 0.941 bits per heavy atom. The number of hydrogen-bond acceptors (Lipinski definition) is 7. The second kappa shape index (κ2) is 9.77. The van der Waals surface area contributed by atoms with E-state index in [0.717, 1.165) is 21.7 Å². The fourth-order valence-electron chi connectivity index (χ4n) is 3.17. The van der Waals surface area contributed by atoms with Gasteiger partial charge in [0.25, 0.3) is 10.0 Å².